The Balaban J connectivity index is 1.95. The highest BCUT2D eigenvalue weighted by Crippen LogP contribution is 2.39. The zero-order valence-electron chi connectivity index (χ0n) is 12.8. The molecule has 1 fully saturated rings. The third kappa shape index (κ3) is 2.92. The molecule has 1 heterocycles. The van der Waals surface area contributed by atoms with Gasteiger partial charge >= 0.3 is 6.03 Å². The van der Waals surface area contributed by atoms with Crippen LogP contribution in [0.1, 0.15) is 32.1 Å². The molecule has 3 rings (SSSR count). The van der Waals surface area contributed by atoms with Crippen LogP contribution in [0.25, 0.3) is 0 Å². The van der Waals surface area contributed by atoms with E-state index in [4.69, 9.17) is 17.2 Å². The second kappa shape index (κ2) is 5.79. The largest absolute Gasteiger partial charge is 0.369 e. The van der Waals surface area contributed by atoms with Gasteiger partial charge < -0.3 is 22.5 Å². The minimum atomic E-state index is -0.599. The first-order valence-corrected chi connectivity index (χ1v) is 7.66. The Morgan fingerprint density at radius 3 is 2.39 bits per heavy atom. The van der Waals surface area contributed by atoms with Crippen LogP contribution in [0.2, 0.25) is 0 Å². The standard InChI is InChI=1S/C15H21N7O/c16-12-20-13(17)22(15(21-12)8-2-1-3-9-15)11-6-4-10(5-7-11)19-14(18)23/h4-7H,1-3,8-9H2,(H3,18,19,23)(H4,16,17,20,21). The van der Waals surface area contributed by atoms with Gasteiger partial charge in [0.15, 0.2) is 0 Å². The molecule has 1 saturated carbocycles. The lowest BCUT2D eigenvalue weighted by atomic mass is 9.87. The molecule has 1 aromatic carbocycles. The minimum Gasteiger partial charge on any atom is -0.369 e. The number of urea groups is 1. The summed E-state index contributed by atoms with van der Waals surface area (Å²) in [5.74, 6) is 0.572. The molecule has 1 aromatic rings. The van der Waals surface area contributed by atoms with Gasteiger partial charge in [0.05, 0.1) is 0 Å². The second-order valence-corrected chi connectivity index (χ2v) is 5.85. The van der Waals surface area contributed by atoms with Gasteiger partial charge in [0.2, 0.25) is 11.9 Å². The van der Waals surface area contributed by atoms with Gasteiger partial charge in [0.25, 0.3) is 0 Å². The van der Waals surface area contributed by atoms with Crippen molar-refractivity contribution < 1.29 is 4.79 Å². The Morgan fingerprint density at radius 2 is 1.78 bits per heavy atom. The number of primary amides is 1. The van der Waals surface area contributed by atoms with E-state index < -0.39 is 11.7 Å². The maximum atomic E-state index is 10.9. The molecule has 122 valence electrons. The topological polar surface area (TPSA) is 135 Å². The number of hydrogen-bond acceptors (Lipinski definition) is 6. The fraction of sp³-hybridized carbons (Fsp3) is 0.400. The number of anilines is 2. The average Bonchev–Trinajstić information content (AvgIpc) is 2.48. The quantitative estimate of drug-likeness (QED) is 0.653. The lowest BCUT2D eigenvalue weighted by Gasteiger charge is -2.45. The first kappa shape index (κ1) is 15.1. The summed E-state index contributed by atoms with van der Waals surface area (Å²) in [5.41, 5.74) is 18.1. The molecule has 0 radical (unpaired) electrons. The summed E-state index contributed by atoms with van der Waals surface area (Å²) in [6.07, 6.45) is 5.09. The van der Waals surface area contributed by atoms with Crippen molar-refractivity contribution in [2.24, 2.45) is 27.2 Å². The fourth-order valence-electron chi connectivity index (χ4n) is 3.33. The van der Waals surface area contributed by atoms with E-state index in [9.17, 15) is 4.79 Å². The number of carbonyl (C=O) groups excluding carboxylic acids is 1. The molecule has 23 heavy (non-hydrogen) atoms. The van der Waals surface area contributed by atoms with Gasteiger partial charge in [-0.15, -0.1) is 0 Å². The van der Waals surface area contributed by atoms with Crippen molar-refractivity contribution in [2.75, 3.05) is 10.2 Å². The molecule has 0 saturated heterocycles. The molecule has 0 bridgehead atoms. The van der Waals surface area contributed by atoms with Gasteiger partial charge in [-0.05, 0) is 49.9 Å². The molecule has 1 aliphatic carbocycles. The van der Waals surface area contributed by atoms with Gasteiger partial charge in [0, 0.05) is 11.4 Å². The van der Waals surface area contributed by atoms with E-state index in [1.165, 1.54) is 6.42 Å². The third-order valence-corrected chi connectivity index (χ3v) is 4.24. The van der Waals surface area contributed by atoms with Crippen molar-refractivity contribution in [3.8, 4) is 0 Å². The van der Waals surface area contributed by atoms with Crippen molar-refractivity contribution in [1.82, 2.24) is 0 Å². The highest BCUT2D eigenvalue weighted by Gasteiger charge is 2.42. The van der Waals surface area contributed by atoms with Gasteiger partial charge in [0.1, 0.15) is 5.66 Å². The van der Waals surface area contributed by atoms with E-state index in [1.807, 2.05) is 17.0 Å². The normalized spacial score (nSPS) is 19.9. The summed E-state index contributed by atoms with van der Waals surface area (Å²) in [5, 5.41) is 2.54. The Kier molecular flexibility index (Phi) is 3.81. The summed E-state index contributed by atoms with van der Waals surface area (Å²) in [6.45, 7) is 0. The van der Waals surface area contributed by atoms with E-state index in [0.717, 1.165) is 31.4 Å². The molecule has 0 unspecified atom stereocenters. The zero-order valence-corrected chi connectivity index (χ0v) is 12.8. The number of rotatable bonds is 2. The van der Waals surface area contributed by atoms with Crippen molar-refractivity contribution >= 4 is 29.3 Å². The van der Waals surface area contributed by atoms with Gasteiger partial charge in [-0.25, -0.2) is 9.79 Å². The number of amides is 2. The van der Waals surface area contributed by atoms with E-state index in [1.54, 1.807) is 12.1 Å². The molecule has 0 atom stereocenters. The van der Waals surface area contributed by atoms with Crippen LogP contribution in [-0.4, -0.2) is 23.6 Å². The van der Waals surface area contributed by atoms with Crippen LogP contribution in [0.4, 0.5) is 16.2 Å². The first-order valence-electron chi connectivity index (χ1n) is 7.66. The molecule has 2 amide bonds. The van der Waals surface area contributed by atoms with E-state index >= 15 is 0 Å². The molecule has 0 aromatic heterocycles. The third-order valence-electron chi connectivity index (χ3n) is 4.24. The van der Waals surface area contributed by atoms with Crippen molar-refractivity contribution in [1.29, 1.82) is 0 Å². The van der Waals surface area contributed by atoms with Crippen LogP contribution in [0.3, 0.4) is 0 Å². The predicted octanol–water partition coefficient (Wildman–Crippen LogP) is 1.29. The van der Waals surface area contributed by atoms with Crippen molar-refractivity contribution in [3.05, 3.63) is 24.3 Å². The van der Waals surface area contributed by atoms with Gasteiger partial charge in [-0.3, -0.25) is 4.90 Å². The Labute approximate surface area is 134 Å². The summed E-state index contributed by atoms with van der Waals surface area (Å²) >= 11 is 0. The van der Waals surface area contributed by atoms with Crippen LogP contribution in [0.5, 0.6) is 0 Å². The van der Waals surface area contributed by atoms with E-state index in [-0.39, 0.29) is 5.96 Å². The lowest BCUT2D eigenvalue weighted by Crippen LogP contribution is -2.58. The number of nitrogens with one attached hydrogen (secondary N) is 1. The summed E-state index contributed by atoms with van der Waals surface area (Å²) in [6, 6.07) is 6.66. The number of hydrogen-bond donors (Lipinski definition) is 4. The van der Waals surface area contributed by atoms with Crippen LogP contribution in [0.15, 0.2) is 34.3 Å². The van der Waals surface area contributed by atoms with Crippen molar-refractivity contribution in [3.63, 3.8) is 0 Å². The van der Waals surface area contributed by atoms with Gasteiger partial charge in [-0.2, -0.15) is 4.99 Å². The molecule has 7 N–H and O–H groups in total. The fourth-order valence-corrected chi connectivity index (χ4v) is 3.33. The molecule has 1 aliphatic heterocycles. The van der Waals surface area contributed by atoms with Crippen LogP contribution in [0, 0.1) is 0 Å². The molecule has 8 nitrogen and oxygen atoms in total. The highest BCUT2D eigenvalue weighted by atomic mass is 16.2. The highest BCUT2D eigenvalue weighted by molar-refractivity contribution is 6.05. The van der Waals surface area contributed by atoms with Crippen LogP contribution in [-0.2, 0) is 0 Å². The predicted molar refractivity (Wildman–Crippen MR) is 91.2 cm³/mol. The SMILES string of the molecule is NC(=O)Nc1ccc(N2C(N)=NC(N)=NC23CCCCC3)cc1. The van der Waals surface area contributed by atoms with E-state index in [0.29, 0.717) is 11.6 Å². The molecule has 2 aliphatic rings. The van der Waals surface area contributed by atoms with E-state index in [2.05, 4.69) is 15.3 Å². The lowest BCUT2D eigenvalue weighted by molar-refractivity contribution is 0.259. The average molecular weight is 315 g/mol. The number of nitrogens with two attached hydrogens (primary N) is 3. The van der Waals surface area contributed by atoms with Crippen LogP contribution >= 0.6 is 0 Å². The number of benzene rings is 1. The smallest absolute Gasteiger partial charge is 0.316 e. The second-order valence-electron chi connectivity index (χ2n) is 5.85. The Hall–Kier alpha value is -2.77. The molecular weight excluding hydrogens is 294 g/mol. The number of aliphatic imine (C=N–C) groups is 2. The van der Waals surface area contributed by atoms with Crippen LogP contribution < -0.4 is 27.4 Å². The maximum Gasteiger partial charge on any atom is 0.316 e. The molecule has 8 heteroatoms. The maximum absolute atomic E-state index is 10.9. The Morgan fingerprint density at radius 1 is 1.13 bits per heavy atom. The van der Waals surface area contributed by atoms with Gasteiger partial charge in [-0.1, -0.05) is 6.42 Å². The Bertz CT molecular complexity index is 659. The minimum absolute atomic E-state index is 0.229. The summed E-state index contributed by atoms with van der Waals surface area (Å²) < 4.78 is 0. The number of guanidine groups is 2. The molecular formula is C15H21N7O. The number of nitrogens with zero attached hydrogens (tertiary/aromatic N) is 3. The zero-order chi connectivity index (χ0) is 16.4. The summed E-state index contributed by atoms with van der Waals surface area (Å²) in [7, 11) is 0. The molecule has 1 spiro atoms. The summed E-state index contributed by atoms with van der Waals surface area (Å²) in [4.78, 5) is 21.6. The van der Waals surface area contributed by atoms with Crippen molar-refractivity contribution in [2.45, 2.75) is 37.8 Å². The monoisotopic (exact) mass is 315 g/mol. The number of carbonyl (C=O) groups is 1. The first-order chi connectivity index (χ1) is 11.0.